The number of imidazole rings is 1. The summed E-state index contributed by atoms with van der Waals surface area (Å²) in [6.45, 7) is 3.68. The number of rotatable bonds is 6. The lowest BCUT2D eigenvalue weighted by molar-refractivity contribution is -0.384. The van der Waals surface area contributed by atoms with Crippen LogP contribution in [0, 0.1) is 10.1 Å². The minimum Gasteiger partial charge on any atom is -0.355 e. The van der Waals surface area contributed by atoms with E-state index in [2.05, 4.69) is 17.2 Å². The molecule has 0 aliphatic heterocycles. The zero-order chi connectivity index (χ0) is 13.7. The van der Waals surface area contributed by atoms with Gasteiger partial charge in [0, 0.05) is 37.6 Å². The molecule has 2 aromatic rings. The molecule has 1 aromatic heterocycles. The van der Waals surface area contributed by atoms with Gasteiger partial charge in [-0.1, -0.05) is 12.1 Å². The van der Waals surface area contributed by atoms with Crippen LogP contribution in [0.2, 0.25) is 0 Å². The Kier molecular flexibility index (Phi) is 4.12. The molecule has 100 valence electrons. The van der Waals surface area contributed by atoms with Gasteiger partial charge in [0.15, 0.2) is 0 Å². The molecule has 0 fully saturated rings. The van der Waals surface area contributed by atoms with Gasteiger partial charge in [0.2, 0.25) is 5.95 Å². The third-order valence-corrected chi connectivity index (χ3v) is 2.90. The van der Waals surface area contributed by atoms with Gasteiger partial charge in [0.1, 0.15) is 0 Å². The molecule has 0 aliphatic carbocycles. The highest BCUT2D eigenvalue weighted by molar-refractivity contribution is 5.33. The first-order valence-corrected chi connectivity index (χ1v) is 6.19. The summed E-state index contributed by atoms with van der Waals surface area (Å²) in [6.07, 6.45) is 4.49. The fraction of sp³-hybridized carbons (Fsp3) is 0.308. The lowest BCUT2D eigenvalue weighted by Crippen LogP contribution is -2.10. The molecule has 0 radical (unpaired) electrons. The van der Waals surface area contributed by atoms with Crippen LogP contribution >= 0.6 is 0 Å². The van der Waals surface area contributed by atoms with Crippen LogP contribution in [0.5, 0.6) is 0 Å². The van der Waals surface area contributed by atoms with Crippen molar-refractivity contribution >= 4 is 11.6 Å². The molecule has 1 N–H and O–H groups in total. The van der Waals surface area contributed by atoms with Crippen molar-refractivity contribution in [2.24, 2.45) is 0 Å². The third-order valence-electron chi connectivity index (χ3n) is 2.90. The maximum atomic E-state index is 10.5. The predicted octanol–water partition coefficient (Wildman–Crippen LogP) is 2.47. The molecule has 0 bridgehead atoms. The van der Waals surface area contributed by atoms with Crippen LogP contribution in [0.25, 0.3) is 0 Å². The first-order chi connectivity index (χ1) is 9.20. The van der Waals surface area contributed by atoms with Crippen molar-refractivity contribution < 1.29 is 4.92 Å². The zero-order valence-electron chi connectivity index (χ0n) is 10.7. The summed E-state index contributed by atoms with van der Waals surface area (Å²) in [5.41, 5.74) is 1.19. The quantitative estimate of drug-likeness (QED) is 0.639. The van der Waals surface area contributed by atoms with Gasteiger partial charge < -0.3 is 9.88 Å². The molecule has 0 atom stereocenters. The standard InChI is InChI=1S/C13H16N4O2/c1-2-16-10-9-15-13(16)14-8-7-11-3-5-12(6-4-11)17(18)19/h3-6,9-10H,2,7-8H2,1H3,(H,14,15). The summed E-state index contributed by atoms with van der Waals surface area (Å²) in [5, 5.41) is 13.8. The highest BCUT2D eigenvalue weighted by Gasteiger charge is 2.04. The molecular weight excluding hydrogens is 244 g/mol. The van der Waals surface area contributed by atoms with Gasteiger partial charge >= 0.3 is 0 Å². The molecule has 0 spiro atoms. The number of hydrogen-bond acceptors (Lipinski definition) is 4. The second-order valence-electron chi connectivity index (χ2n) is 4.14. The molecule has 6 nitrogen and oxygen atoms in total. The summed E-state index contributed by atoms with van der Waals surface area (Å²) in [6, 6.07) is 6.63. The number of nitrogens with one attached hydrogen (secondary N) is 1. The second kappa shape index (κ2) is 5.99. The van der Waals surface area contributed by atoms with E-state index in [1.54, 1.807) is 18.3 Å². The Balaban J connectivity index is 1.87. The smallest absolute Gasteiger partial charge is 0.269 e. The van der Waals surface area contributed by atoms with E-state index in [-0.39, 0.29) is 10.6 Å². The number of nitro benzene ring substituents is 1. The Morgan fingerprint density at radius 3 is 2.74 bits per heavy atom. The molecule has 2 rings (SSSR count). The topological polar surface area (TPSA) is 73.0 Å². The van der Waals surface area contributed by atoms with Gasteiger partial charge in [0.05, 0.1) is 4.92 Å². The van der Waals surface area contributed by atoms with Gasteiger partial charge in [-0.3, -0.25) is 10.1 Å². The molecule has 0 saturated heterocycles. The largest absolute Gasteiger partial charge is 0.355 e. The first kappa shape index (κ1) is 13.1. The van der Waals surface area contributed by atoms with E-state index >= 15 is 0 Å². The van der Waals surface area contributed by atoms with Crippen molar-refractivity contribution in [1.29, 1.82) is 0 Å². The van der Waals surface area contributed by atoms with Gasteiger partial charge in [-0.15, -0.1) is 0 Å². The van der Waals surface area contributed by atoms with Crippen LogP contribution in [-0.4, -0.2) is 21.0 Å². The van der Waals surface area contributed by atoms with Crippen LogP contribution in [-0.2, 0) is 13.0 Å². The van der Waals surface area contributed by atoms with Crippen LogP contribution < -0.4 is 5.32 Å². The van der Waals surface area contributed by atoms with E-state index in [1.165, 1.54) is 12.1 Å². The average molecular weight is 260 g/mol. The zero-order valence-corrected chi connectivity index (χ0v) is 10.7. The maximum Gasteiger partial charge on any atom is 0.269 e. The van der Waals surface area contributed by atoms with Gasteiger partial charge in [-0.25, -0.2) is 4.98 Å². The minimum atomic E-state index is -0.389. The molecule has 1 heterocycles. The first-order valence-electron chi connectivity index (χ1n) is 6.19. The van der Waals surface area contributed by atoms with Crippen molar-refractivity contribution in [1.82, 2.24) is 9.55 Å². The Bertz CT molecular complexity index is 548. The van der Waals surface area contributed by atoms with Crippen molar-refractivity contribution in [2.45, 2.75) is 19.9 Å². The number of hydrogen-bond donors (Lipinski definition) is 1. The highest BCUT2D eigenvalue weighted by atomic mass is 16.6. The number of nitrogens with zero attached hydrogens (tertiary/aromatic N) is 3. The summed E-state index contributed by atoms with van der Waals surface area (Å²) in [7, 11) is 0. The normalized spacial score (nSPS) is 10.4. The number of non-ortho nitro benzene ring substituents is 1. The van der Waals surface area contributed by atoms with Crippen LogP contribution in [0.15, 0.2) is 36.7 Å². The van der Waals surface area contributed by atoms with Crippen molar-refractivity contribution in [2.75, 3.05) is 11.9 Å². The number of nitro groups is 1. The van der Waals surface area contributed by atoms with Crippen LogP contribution in [0.1, 0.15) is 12.5 Å². The minimum absolute atomic E-state index is 0.123. The SMILES string of the molecule is CCn1ccnc1NCCc1ccc([N+](=O)[O-])cc1. The number of benzene rings is 1. The molecule has 0 saturated carbocycles. The average Bonchev–Trinajstić information content (AvgIpc) is 2.87. The Labute approximate surface area is 111 Å². The van der Waals surface area contributed by atoms with E-state index in [4.69, 9.17) is 0 Å². The molecule has 1 aromatic carbocycles. The molecule has 0 amide bonds. The molecule has 0 unspecified atom stereocenters. The number of aromatic nitrogens is 2. The van der Waals surface area contributed by atoms with Crippen LogP contribution in [0.4, 0.5) is 11.6 Å². The van der Waals surface area contributed by atoms with Gasteiger partial charge in [-0.2, -0.15) is 0 Å². The monoisotopic (exact) mass is 260 g/mol. The highest BCUT2D eigenvalue weighted by Crippen LogP contribution is 2.12. The summed E-state index contributed by atoms with van der Waals surface area (Å²) >= 11 is 0. The Hall–Kier alpha value is -2.37. The molecular formula is C13H16N4O2. The second-order valence-corrected chi connectivity index (χ2v) is 4.14. The van der Waals surface area contributed by atoms with Crippen molar-refractivity contribution in [3.05, 3.63) is 52.3 Å². The van der Waals surface area contributed by atoms with E-state index in [1.807, 2.05) is 10.8 Å². The van der Waals surface area contributed by atoms with Crippen molar-refractivity contribution in [3.63, 3.8) is 0 Å². The molecule has 19 heavy (non-hydrogen) atoms. The van der Waals surface area contributed by atoms with Gasteiger partial charge in [0.25, 0.3) is 5.69 Å². The van der Waals surface area contributed by atoms with Gasteiger partial charge in [-0.05, 0) is 18.9 Å². The third kappa shape index (κ3) is 3.31. The lowest BCUT2D eigenvalue weighted by atomic mass is 10.1. The summed E-state index contributed by atoms with van der Waals surface area (Å²) in [4.78, 5) is 14.4. The Morgan fingerprint density at radius 2 is 2.11 bits per heavy atom. The fourth-order valence-electron chi connectivity index (χ4n) is 1.83. The maximum absolute atomic E-state index is 10.5. The fourth-order valence-corrected chi connectivity index (χ4v) is 1.83. The van der Waals surface area contributed by atoms with E-state index in [9.17, 15) is 10.1 Å². The summed E-state index contributed by atoms with van der Waals surface area (Å²) < 4.78 is 2.02. The van der Waals surface area contributed by atoms with E-state index < -0.39 is 0 Å². The predicted molar refractivity (Wildman–Crippen MR) is 73.2 cm³/mol. The van der Waals surface area contributed by atoms with Crippen molar-refractivity contribution in [3.8, 4) is 0 Å². The Morgan fingerprint density at radius 1 is 1.37 bits per heavy atom. The lowest BCUT2D eigenvalue weighted by Gasteiger charge is -2.07. The molecule has 6 heteroatoms. The number of aryl methyl sites for hydroxylation is 1. The summed E-state index contributed by atoms with van der Waals surface area (Å²) in [5.74, 6) is 0.851. The molecule has 0 aliphatic rings. The van der Waals surface area contributed by atoms with E-state index in [0.29, 0.717) is 0 Å². The van der Waals surface area contributed by atoms with E-state index in [0.717, 1.165) is 31.0 Å². The number of anilines is 1. The van der Waals surface area contributed by atoms with Crippen LogP contribution in [0.3, 0.4) is 0 Å².